The highest BCUT2D eigenvalue weighted by Crippen LogP contribution is 2.22. The van der Waals surface area contributed by atoms with Gasteiger partial charge >= 0.3 is 0 Å². The summed E-state index contributed by atoms with van der Waals surface area (Å²) in [5.74, 6) is 0.0405. The number of carbonyl (C=O) groups is 1. The van der Waals surface area contributed by atoms with Gasteiger partial charge in [-0.25, -0.2) is 4.39 Å². The van der Waals surface area contributed by atoms with E-state index in [2.05, 4.69) is 29.0 Å². The number of amides is 1. The fraction of sp³-hybridized carbons (Fsp3) is 0.667. The van der Waals surface area contributed by atoms with Gasteiger partial charge < -0.3 is 15.0 Å². The lowest BCUT2D eigenvalue weighted by molar-refractivity contribution is -0.116. The summed E-state index contributed by atoms with van der Waals surface area (Å²) in [7, 11) is 0. The van der Waals surface area contributed by atoms with Crippen LogP contribution in [0.5, 0.6) is 0 Å². The molecule has 0 radical (unpaired) electrons. The number of rotatable bonds is 6. The number of piperidine rings is 1. The maximum Gasteiger partial charge on any atom is 0.225 e. The van der Waals surface area contributed by atoms with Crippen molar-refractivity contribution >= 4 is 23.2 Å². The normalized spacial score (nSPS) is 25.0. The minimum Gasteiger partial charge on any atom is -0.373 e. The Kier molecular flexibility index (Phi) is 7.69. The molecule has 2 fully saturated rings. The number of nitrogens with one attached hydrogen (secondary N) is 1. The molecular formula is C21H31ClFN3O2. The van der Waals surface area contributed by atoms with Gasteiger partial charge in [0.05, 0.1) is 17.9 Å². The van der Waals surface area contributed by atoms with Crippen LogP contribution in [0.15, 0.2) is 18.2 Å². The van der Waals surface area contributed by atoms with Gasteiger partial charge in [0.25, 0.3) is 0 Å². The number of likely N-dealkylation sites (tertiary alicyclic amines) is 1. The van der Waals surface area contributed by atoms with Gasteiger partial charge in [0.1, 0.15) is 5.82 Å². The van der Waals surface area contributed by atoms with E-state index in [1.165, 1.54) is 12.1 Å². The van der Waals surface area contributed by atoms with E-state index in [1.807, 2.05) is 0 Å². The Labute approximate surface area is 172 Å². The highest BCUT2D eigenvalue weighted by atomic mass is 35.5. The first-order valence-electron chi connectivity index (χ1n) is 10.2. The van der Waals surface area contributed by atoms with Gasteiger partial charge in [-0.05, 0) is 63.9 Å². The summed E-state index contributed by atoms with van der Waals surface area (Å²) in [6.45, 7) is 10.2. The van der Waals surface area contributed by atoms with E-state index >= 15 is 0 Å². The third-order valence-corrected chi connectivity index (χ3v) is 5.81. The van der Waals surface area contributed by atoms with Crippen LogP contribution in [-0.2, 0) is 9.53 Å². The van der Waals surface area contributed by atoms with Gasteiger partial charge in [-0.2, -0.15) is 0 Å². The molecule has 1 amide bonds. The van der Waals surface area contributed by atoms with E-state index in [9.17, 15) is 9.18 Å². The Hall–Kier alpha value is -1.21. The van der Waals surface area contributed by atoms with Gasteiger partial charge in [-0.3, -0.25) is 9.69 Å². The summed E-state index contributed by atoms with van der Waals surface area (Å²) in [4.78, 5) is 17.0. The van der Waals surface area contributed by atoms with Crippen molar-refractivity contribution in [1.29, 1.82) is 0 Å². The van der Waals surface area contributed by atoms with Crippen LogP contribution in [0.1, 0.15) is 33.1 Å². The number of hydrogen-bond donors (Lipinski definition) is 1. The number of benzene rings is 1. The standard InChI is InChI=1S/C21H31ClFN3O2/c1-15-12-26(13-16(2)28-15)14-17-5-8-25(9-6-17)10-7-21(27)24-20-4-3-18(22)11-19(20)23/h3-4,11,15-17H,5-10,12-14H2,1-2H3,(H,24,27). The Morgan fingerprint density at radius 1 is 1.21 bits per heavy atom. The van der Waals surface area contributed by atoms with Gasteiger partial charge in [0, 0.05) is 37.6 Å². The summed E-state index contributed by atoms with van der Waals surface area (Å²) in [6.07, 6.45) is 3.31. The summed E-state index contributed by atoms with van der Waals surface area (Å²) in [6, 6.07) is 4.27. The zero-order valence-corrected chi connectivity index (χ0v) is 17.6. The summed E-state index contributed by atoms with van der Waals surface area (Å²) in [5, 5.41) is 2.95. The molecule has 28 heavy (non-hydrogen) atoms. The topological polar surface area (TPSA) is 44.8 Å². The smallest absolute Gasteiger partial charge is 0.225 e. The zero-order valence-electron chi connectivity index (χ0n) is 16.8. The largest absolute Gasteiger partial charge is 0.373 e. The number of nitrogens with zero attached hydrogens (tertiary/aromatic N) is 2. The Bertz CT molecular complexity index is 657. The SMILES string of the molecule is CC1CN(CC2CCN(CCC(=O)Nc3ccc(Cl)cc3F)CC2)CC(C)O1. The number of ether oxygens (including phenoxy) is 1. The van der Waals surface area contributed by atoms with Crippen LogP contribution < -0.4 is 5.32 Å². The number of hydrogen-bond acceptors (Lipinski definition) is 4. The van der Waals surface area contributed by atoms with Crippen molar-refractivity contribution in [2.75, 3.05) is 44.6 Å². The molecular weight excluding hydrogens is 381 g/mol. The third-order valence-electron chi connectivity index (χ3n) is 5.58. The number of morpholine rings is 1. The molecule has 2 atom stereocenters. The molecule has 0 saturated carbocycles. The Morgan fingerprint density at radius 2 is 1.89 bits per heavy atom. The lowest BCUT2D eigenvalue weighted by atomic mass is 9.95. The molecule has 2 unspecified atom stereocenters. The molecule has 2 saturated heterocycles. The maximum atomic E-state index is 13.8. The van der Waals surface area contributed by atoms with Gasteiger partial charge in [0.2, 0.25) is 5.91 Å². The van der Waals surface area contributed by atoms with Crippen LogP contribution >= 0.6 is 11.6 Å². The fourth-order valence-corrected chi connectivity index (χ4v) is 4.41. The van der Waals surface area contributed by atoms with Crippen molar-refractivity contribution in [3.63, 3.8) is 0 Å². The fourth-order valence-electron chi connectivity index (χ4n) is 4.25. The first kappa shape index (κ1) is 21.5. The van der Waals surface area contributed by atoms with Crippen LogP contribution in [0.3, 0.4) is 0 Å². The highest BCUT2D eigenvalue weighted by molar-refractivity contribution is 6.30. The Balaban J connectivity index is 1.35. The molecule has 0 aromatic heterocycles. The van der Waals surface area contributed by atoms with Crippen LogP contribution in [0.2, 0.25) is 5.02 Å². The maximum absolute atomic E-state index is 13.8. The molecule has 1 N–H and O–H groups in total. The second-order valence-electron chi connectivity index (χ2n) is 8.18. The van der Waals surface area contributed by atoms with Crippen LogP contribution in [0, 0.1) is 11.7 Å². The highest BCUT2D eigenvalue weighted by Gasteiger charge is 2.26. The van der Waals surface area contributed by atoms with Gasteiger partial charge in [-0.15, -0.1) is 0 Å². The average molecular weight is 412 g/mol. The van der Waals surface area contributed by atoms with Crippen molar-refractivity contribution < 1.29 is 13.9 Å². The van der Waals surface area contributed by atoms with E-state index < -0.39 is 5.82 Å². The summed E-state index contributed by atoms with van der Waals surface area (Å²) < 4.78 is 19.6. The molecule has 3 rings (SSSR count). The average Bonchev–Trinajstić information content (AvgIpc) is 2.63. The number of carbonyl (C=O) groups excluding carboxylic acids is 1. The molecule has 0 aliphatic carbocycles. The van der Waals surface area contributed by atoms with Gasteiger partial charge in [0.15, 0.2) is 0 Å². The number of halogens is 2. The molecule has 2 aliphatic heterocycles. The molecule has 0 spiro atoms. The van der Waals surface area contributed by atoms with Crippen molar-refractivity contribution in [3.8, 4) is 0 Å². The van der Waals surface area contributed by atoms with Crippen molar-refractivity contribution in [3.05, 3.63) is 29.0 Å². The second-order valence-corrected chi connectivity index (χ2v) is 8.62. The Morgan fingerprint density at radius 3 is 2.54 bits per heavy atom. The van der Waals surface area contributed by atoms with E-state index in [4.69, 9.17) is 16.3 Å². The predicted octanol–water partition coefficient (Wildman–Crippen LogP) is 3.63. The third kappa shape index (κ3) is 6.41. The molecule has 7 heteroatoms. The monoisotopic (exact) mass is 411 g/mol. The molecule has 5 nitrogen and oxygen atoms in total. The minimum absolute atomic E-state index is 0.167. The van der Waals surface area contributed by atoms with Crippen molar-refractivity contribution in [2.24, 2.45) is 5.92 Å². The van der Waals surface area contributed by atoms with E-state index in [1.54, 1.807) is 6.07 Å². The summed E-state index contributed by atoms with van der Waals surface area (Å²) in [5.41, 5.74) is 0.182. The van der Waals surface area contributed by atoms with Gasteiger partial charge in [-0.1, -0.05) is 11.6 Å². The van der Waals surface area contributed by atoms with Crippen LogP contribution in [0.25, 0.3) is 0 Å². The zero-order chi connectivity index (χ0) is 20.1. The minimum atomic E-state index is -0.506. The lowest BCUT2D eigenvalue weighted by Gasteiger charge is -2.39. The molecule has 0 bridgehead atoms. The molecule has 1 aromatic rings. The molecule has 156 valence electrons. The predicted molar refractivity (Wildman–Crippen MR) is 110 cm³/mol. The summed E-state index contributed by atoms with van der Waals surface area (Å²) >= 11 is 5.74. The van der Waals surface area contributed by atoms with Crippen molar-refractivity contribution in [1.82, 2.24) is 9.80 Å². The molecule has 2 heterocycles. The van der Waals surface area contributed by atoms with E-state index in [0.717, 1.165) is 45.6 Å². The quantitative estimate of drug-likeness (QED) is 0.776. The number of anilines is 1. The first-order valence-corrected chi connectivity index (χ1v) is 10.6. The molecule has 2 aliphatic rings. The second kappa shape index (κ2) is 10.0. The van der Waals surface area contributed by atoms with Crippen molar-refractivity contribution in [2.45, 2.75) is 45.3 Å². The van der Waals surface area contributed by atoms with Crippen LogP contribution in [0.4, 0.5) is 10.1 Å². The van der Waals surface area contributed by atoms with E-state index in [0.29, 0.717) is 36.1 Å². The first-order chi connectivity index (χ1) is 13.4. The lowest BCUT2D eigenvalue weighted by Crippen LogP contribution is -2.48. The molecule has 1 aromatic carbocycles. The van der Waals surface area contributed by atoms with E-state index in [-0.39, 0.29) is 11.6 Å². The van der Waals surface area contributed by atoms with Crippen LogP contribution in [-0.4, -0.2) is 67.2 Å².